The Bertz CT molecular complexity index is 1980. The molecule has 6 rings (SSSR count). The Morgan fingerprint density at radius 1 is 0.913 bits per heavy atom. The van der Waals surface area contributed by atoms with Gasteiger partial charge in [-0.15, -0.1) is 18.3 Å². The molecule has 2 heteroatoms. The molecule has 0 saturated carbocycles. The van der Waals surface area contributed by atoms with Gasteiger partial charge < -0.3 is 4.90 Å². The maximum Gasteiger partial charge on any atom is 0.0456 e. The van der Waals surface area contributed by atoms with E-state index in [1.54, 1.807) is 0 Å². The summed E-state index contributed by atoms with van der Waals surface area (Å²) in [5, 5.41) is 5.26. The van der Waals surface area contributed by atoms with Crippen molar-refractivity contribution in [2.45, 2.75) is 65.2 Å². The fourth-order valence-electron chi connectivity index (χ4n) is 7.68. The van der Waals surface area contributed by atoms with Crippen LogP contribution < -0.4 is 4.90 Å². The molecule has 0 saturated heterocycles. The minimum atomic E-state index is -0.199. The highest BCUT2D eigenvalue weighted by Gasteiger charge is 2.40. The number of benzene rings is 4. The third-order valence-corrected chi connectivity index (χ3v) is 11.4. The SMILES string of the molecule is C=CCSC1=C(/C=C/C(=C)C(C)(C)c2c(C)ccc3ccccc23)CC/C1=C\C=C1\N(CC)c2ccc3ccccc3c2C1(C)C. The molecule has 234 valence electrons. The number of hydrogen-bond acceptors (Lipinski definition) is 2. The van der Waals surface area contributed by atoms with Crippen LogP contribution >= 0.6 is 11.8 Å². The summed E-state index contributed by atoms with van der Waals surface area (Å²) < 4.78 is 0. The first kappa shape index (κ1) is 32.0. The molecule has 0 bridgehead atoms. The fraction of sp³-hybridized carbons (Fsp3) is 0.273. The van der Waals surface area contributed by atoms with Crippen LogP contribution in [0.5, 0.6) is 0 Å². The Hall–Kier alpha value is -4.01. The molecule has 0 N–H and O–H groups in total. The molecule has 1 aliphatic heterocycles. The van der Waals surface area contributed by atoms with Crippen LogP contribution in [-0.2, 0) is 10.8 Å². The molecule has 0 atom stereocenters. The zero-order valence-electron chi connectivity index (χ0n) is 28.4. The average molecular weight is 622 g/mol. The predicted molar refractivity (Wildman–Crippen MR) is 205 cm³/mol. The van der Waals surface area contributed by atoms with E-state index in [9.17, 15) is 0 Å². The van der Waals surface area contributed by atoms with Gasteiger partial charge in [-0.2, -0.15) is 0 Å². The van der Waals surface area contributed by atoms with E-state index in [-0.39, 0.29) is 10.8 Å². The highest BCUT2D eigenvalue weighted by Crippen LogP contribution is 2.51. The van der Waals surface area contributed by atoms with Crippen molar-refractivity contribution in [3.63, 3.8) is 0 Å². The maximum absolute atomic E-state index is 4.62. The lowest BCUT2D eigenvalue weighted by Gasteiger charge is -2.30. The third kappa shape index (κ3) is 5.52. The maximum atomic E-state index is 4.62. The summed E-state index contributed by atoms with van der Waals surface area (Å²) in [4.78, 5) is 3.90. The molecule has 0 amide bonds. The van der Waals surface area contributed by atoms with E-state index in [0.29, 0.717) is 0 Å². The number of rotatable bonds is 9. The quantitative estimate of drug-likeness (QED) is 0.135. The van der Waals surface area contributed by atoms with Crippen LogP contribution in [0.15, 0.2) is 144 Å². The van der Waals surface area contributed by atoms with Crippen molar-refractivity contribution in [1.29, 1.82) is 0 Å². The molecule has 0 spiro atoms. The molecule has 0 unspecified atom stereocenters. The lowest BCUT2D eigenvalue weighted by molar-refractivity contribution is 0.638. The van der Waals surface area contributed by atoms with Crippen molar-refractivity contribution in [1.82, 2.24) is 0 Å². The molecule has 1 aliphatic carbocycles. The van der Waals surface area contributed by atoms with Crippen molar-refractivity contribution in [3.05, 3.63) is 160 Å². The van der Waals surface area contributed by atoms with Crippen molar-refractivity contribution < 1.29 is 0 Å². The summed E-state index contributed by atoms with van der Waals surface area (Å²) in [6, 6.07) is 26.6. The van der Waals surface area contributed by atoms with E-state index in [1.165, 1.54) is 65.7 Å². The van der Waals surface area contributed by atoms with Gasteiger partial charge in [0.25, 0.3) is 0 Å². The second kappa shape index (κ2) is 12.6. The predicted octanol–water partition coefficient (Wildman–Crippen LogP) is 12.3. The van der Waals surface area contributed by atoms with Crippen LogP contribution in [0.4, 0.5) is 5.69 Å². The normalized spacial score (nSPS) is 18.1. The Morgan fingerprint density at radius 2 is 1.59 bits per heavy atom. The fourth-order valence-corrected chi connectivity index (χ4v) is 8.68. The van der Waals surface area contributed by atoms with Crippen molar-refractivity contribution in [2.24, 2.45) is 0 Å². The summed E-state index contributed by atoms with van der Waals surface area (Å²) in [6.45, 7) is 23.5. The molecule has 4 aromatic carbocycles. The van der Waals surface area contributed by atoms with E-state index in [1.807, 2.05) is 17.8 Å². The Balaban J connectivity index is 1.34. The van der Waals surface area contributed by atoms with Gasteiger partial charge in [0.2, 0.25) is 0 Å². The van der Waals surface area contributed by atoms with Crippen LogP contribution in [0.1, 0.15) is 64.2 Å². The van der Waals surface area contributed by atoms with Gasteiger partial charge >= 0.3 is 0 Å². The van der Waals surface area contributed by atoms with Crippen LogP contribution in [0, 0.1) is 6.92 Å². The minimum Gasteiger partial charge on any atom is -0.344 e. The highest BCUT2D eigenvalue weighted by atomic mass is 32.2. The first-order valence-corrected chi connectivity index (χ1v) is 17.6. The monoisotopic (exact) mass is 621 g/mol. The third-order valence-electron chi connectivity index (χ3n) is 10.2. The van der Waals surface area contributed by atoms with E-state index < -0.39 is 0 Å². The van der Waals surface area contributed by atoms with Gasteiger partial charge in [0.15, 0.2) is 0 Å². The Labute approximate surface area is 280 Å². The summed E-state index contributed by atoms with van der Waals surface area (Å²) in [5.41, 5.74) is 10.5. The van der Waals surface area contributed by atoms with E-state index >= 15 is 0 Å². The molecule has 0 aromatic heterocycles. The largest absolute Gasteiger partial charge is 0.344 e. The second-order valence-electron chi connectivity index (χ2n) is 13.7. The summed E-state index contributed by atoms with van der Waals surface area (Å²) >= 11 is 1.91. The number of aryl methyl sites for hydroxylation is 1. The zero-order chi connectivity index (χ0) is 32.6. The van der Waals surface area contributed by atoms with Crippen LogP contribution in [0.25, 0.3) is 21.5 Å². The van der Waals surface area contributed by atoms with Crippen molar-refractivity contribution in [3.8, 4) is 0 Å². The molecule has 46 heavy (non-hydrogen) atoms. The van der Waals surface area contributed by atoms with Gasteiger partial charge in [0.1, 0.15) is 0 Å². The van der Waals surface area contributed by atoms with Gasteiger partial charge in [-0.3, -0.25) is 0 Å². The average Bonchev–Trinajstić information content (AvgIpc) is 3.54. The number of likely N-dealkylation sites (N-methyl/N-ethyl adjacent to an activating group) is 1. The van der Waals surface area contributed by atoms with Gasteiger partial charge in [-0.25, -0.2) is 0 Å². The Kier molecular flexibility index (Phi) is 8.79. The Morgan fingerprint density at radius 3 is 2.30 bits per heavy atom. The molecule has 0 radical (unpaired) electrons. The number of nitrogens with zero attached hydrogens (tertiary/aromatic N) is 1. The molecule has 4 aromatic rings. The first-order valence-electron chi connectivity index (χ1n) is 16.6. The smallest absolute Gasteiger partial charge is 0.0456 e. The molecule has 2 aliphatic rings. The molecule has 1 nitrogen and oxygen atoms in total. The number of fused-ring (bicyclic) bond motifs is 4. The number of allylic oxidation sites excluding steroid dienone is 8. The van der Waals surface area contributed by atoms with Gasteiger partial charge in [0, 0.05) is 39.4 Å². The molecular weight excluding hydrogens is 575 g/mol. The summed E-state index contributed by atoms with van der Waals surface area (Å²) in [5.74, 6) is 0.895. The molecule has 1 heterocycles. The van der Waals surface area contributed by atoms with E-state index in [0.717, 1.165) is 30.7 Å². The molecular formula is C44H47NS. The van der Waals surface area contributed by atoms with Crippen LogP contribution in [0.2, 0.25) is 0 Å². The number of anilines is 1. The van der Waals surface area contributed by atoms with Crippen molar-refractivity contribution in [2.75, 3.05) is 17.2 Å². The van der Waals surface area contributed by atoms with E-state index in [2.05, 4.69) is 157 Å². The van der Waals surface area contributed by atoms with Gasteiger partial charge in [-0.1, -0.05) is 125 Å². The first-order chi connectivity index (χ1) is 22.1. The number of hydrogen-bond donors (Lipinski definition) is 0. The van der Waals surface area contributed by atoms with Crippen LogP contribution in [0.3, 0.4) is 0 Å². The van der Waals surface area contributed by atoms with E-state index in [4.69, 9.17) is 0 Å². The van der Waals surface area contributed by atoms with Crippen LogP contribution in [-0.4, -0.2) is 12.3 Å². The van der Waals surface area contributed by atoms with Crippen molar-refractivity contribution >= 4 is 39.0 Å². The standard InChI is InChI=1S/C44H47NS/c1-9-29-46-42-34(22-20-31(4)43(5,6)40-30(3)19-21-32-15-11-13-17-36(32)40)23-24-35(42)26-28-39-44(7,8)41-37-18-14-12-16-33(37)25-27-38(41)45(39)10-2/h9,11-22,25-28H,1,4,10,23-24,29H2,2-3,5-8H3/b22-20+,35-26+,39-28+. The topological polar surface area (TPSA) is 3.24 Å². The number of thioether (sulfide) groups is 1. The zero-order valence-corrected chi connectivity index (χ0v) is 29.2. The second-order valence-corrected chi connectivity index (χ2v) is 14.7. The minimum absolute atomic E-state index is 0.0915. The molecule has 0 fully saturated rings. The lowest BCUT2D eigenvalue weighted by atomic mass is 9.74. The lowest BCUT2D eigenvalue weighted by Crippen LogP contribution is -2.25. The van der Waals surface area contributed by atoms with Gasteiger partial charge in [-0.05, 0) is 93.8 Å². The van der Waals surface area contributed by atoms with Gasteiger partial charge in [0.05, 0.1) is 0 Å². The summed E-state index contributed by atoms with van der Waals surface area (Å²) in [7, 11) is 0. The summed E-state index contributed by atoms with van der Waals surface area (Å²) in [6.07, 6.45) is 13.5. The highest BCUT2D eigenvalue weighted by molar-refractivity contribution is 8.03.